The fourth-order valence-corrected chi connectivity index (χ4v) is 5.46. The molecule has 0 radical (unpaired) electrons. The van der Waals surface area contributed by atoms with Gasteiger partial charge in [0.1, 0.15) is 24.4 Å². The number of aliphatic hydroxyl groups excluding tert-OH is 5. The van der Waals surface area contributed by atoms with Crippen molar-refractivity contribution in [1.29, 1.82) is 0 Å². The minimum Gasteiger partial charge on any atom is -0.394 e. The van der Waals surface area contributed by atoms with Crippen molar-refractivity contribution in [2.24, 2.45) is 0 Å². The molecule has 0 spiro atoms. The van der Waals surface area contributed by atoms with Gasteiger partial charge in [0.25, 0.3) is 0 Å². The van der Waals surface area contributed by atoms with Gasteiger partial charge in [-0.3, -0.25) is 4.79 Å². The summed E-state index contributed by atoms with van der Waals surface area (Å²) in [5.74, 6) is -0.206. The van der Waals surface area contributed by atoms with Crippen molar-refractivity contribution in [3.8, 4) is 0 Å². The Kier molecular flexibility index (Phi) is 27.6. The quantitative estimate of drug-likeness (QED) is 0.0397. The highest BCUT2D eigenvalue weighted by atomic mass is 16.7. The van der Waals surface area contributed by atoms with E-state index in [-0.39, 0.29) is 12.5 Å². The van der Waals surface area contributed by atoms with Crippen LogP contribution in [0.3, 0.4) is 0 Å². The van der Waals surface area contributed by atoms with Crippen molar-refractivity contribution in [1.82, 2.24) is 5.32 Å². The molecule has 9 nitrogen and oxygen atoms in total. The smallest absolute Gasteiger partial charge is 0.220 e. The minimum atomic E-state index is -1.57. The second-order valence-corrected chi connectivity index (χ2v) is 13.0. The van der Waals surface area contributed by atoms with Gasteiger partial charge in [-0.2, -0.15) is 0 Å². The number of amides is 1. The van der Waals surface area contributed by atoms with Crippen molar-refractivity contribution >= 4 is 5.91 Å². The number of ether oxygens (including phenoxy) is 2. The molecule has 1 amide bonds. The van der Waals surface area contributed by atoms with Gasteiger partial charge in [-0.05, 0) is 64.2 Å². The summed E-state index contributed by atoms with van der Waals surface area (Å²) in [6.45, 7) is 3.64. The Hall–Kier alpha value is -1.85. The first-order valence-electron chi connectivity index (χ1n) is 18.9. The van der Waals surface area contributed by atoms with E-state index in [1.54, 1.807) is 6.08 Å². The zero-order chi connectivity index (χ0) is 35.2. The van der Waals surface area contributed by atoms with Gasteiger partial charge in [0.15, 0.2) is 6.29 Å². The summed E-state index contributed by atoms with van der Waals surface area (Å²) in [5.41, 5.74) is 0. The molecule has 1 heterocycles. The summed E-state index contributed by atoms with van der Waals surface area (Å²) in [5, 5.41) is 53.8. The molecule has 48 heavy (non-hydrogen) atoms. The third-order valence-electron chi connectivity index (χ3n) is 8.60. The Morgan fingerprint density at radius 2 is 1.21 bits per heavy atom. The average molecular weight is 680 g/mol. The Morgan fingerprint density at radius 3 is 1.81 bits per heavy atom. The van der Waals surface area contributed by atoms with Crippen LogP contribution in [0.4, 0.5) is 0 Å². The Bertz CT molecular complexity index is 889. The largest absolute Gasteiger partial charge is 0.394 e. The molecule has 1 fully saturated rings. The minimum absolute atomic E-state index is 0.206. The first-order chi connectivity index (χ1) is 23.3. The maximum atomic E-state index is 12.8. The Morgan fingerprint density at radius 1 is 0.688 bits per heavy atom. The van der Waals surface area contributed by atoms with Crippen LogP contribution >= 0.6 is 0 Å². The third kappa shape index (κ3) is 21.3. The predicted molar refractivity (Wildman–Crippen MR) is 193 cm³/mol. The van der Waals surface area contributed by atoms with E-state index in [2.05, 4.69) is 55.6 Å². The maximum absolute atomic E-state index is 12.8. The van der Waals surface area contributed by atoms with E-state index in [9.17, 15) is 30.3 Å². The highest BCUT2D eigenvalue weighted by Crippen LogP contribution is 2.22. The van der Waals surface area contributed by atoms with Crippen LogP contribution in [0.5, 0.6) is 0 Å². The van der Waals surface area contributed by atoms with Crippen molar-refractivity contribution in [3.05, 3.63) is 48.6 Å². The summed E-state index contributed by atoms with van der Waals surface area (Å²) in [6.07, 6.45) is 28.7. The fourth-order valence-electron chi connectivity index (χ4n) is 5.46. The number of hydrogen-bond donors (Lipinski definition) is 6. The van der Waals surface area contributed by atoms with E-state index in [1.165, 1.54) is 44.9 Å². The molecule has 1 aliphatic heterocycles. The van der Waals surface area contributed by atoms with E-state index in [0.29, 0.717) is 6.42 Å². The molecule has 7 atom stereocenters. The highest BCUT2D eigenvalue weighted by molar-refractivity contribution is 5.76. The van der Waals surface area contributed by atoms with E-state index in [4.69, 9.17) is 9.47 Å². The summed E-state index contributed by atoms with van der Waals surface area (Å²) in [7, 11) is 0. The number of hydrogen-bond acceptors (Lipinski definition) is 8. The van der Waals surface area contributed by atoms with Crippen LogP contribution < -0.4 is 5.32 Å². The molecule has 1 saturated heterocycles. The van der Waals surface area contributed by atoms with E-state index < -0.39 is 49.5 Å². The molecule has 0 aliphatic carbocycles. The molecule has 0 bridgehead atoms. The van der Waals surface area contributed by atoms with Crippen LogP contribution in [0.25, 0.3) is 0 Å². The van der Waals surface area contributed by atoms with Crippen LogP contribution in [-0.4, -0.2) is 87.5 Å². The number of nitrogens with one attached hydrogen (secondary N) is 1. The highest BCUT2D eigenvalue weighted by Gasteiger charge is 2.44. The zero-order valence-corrected chi connectivity index (χ0v) is 30.0. The van der Waals surface area contributed by atoms with Crippen molar-refractivity contribution in [2.75, 3.05) is 13.2 Å². The maximum Gasteiger partial charge on any atom is 0.220 e. The van der Waals surface area contributed by atoms with Gasteiger partial charge < -0.3 is 40.3 Å². The first kappa shape index (κ1) is 44.2. The lowest BCUT2D eigenvalue weighted by atomic mass is 9.99. The molecule has 6 N–H and O–H groups in total. The number of carbonyl (C=O) groups excluding carboxylic acids is 1. The summed E-state index contributed by atoms with van der Waals surface area (Å²) < 4.78 is 11.1. The standard InChI is InChI=1S/C39H69NO8/c1-3-5-7-9-11-13-15-17-19-21-23-25-27-29-35(43)40-32(31-47-39-38(46)37(45)36(44)34(30-41)48-39)33(42)28-26-24-22-20-18-16-14-12-10-8-6-4-2/h10,12-13,15,18,20,26,28,32-34,36-39,41-42,44-46H,3-9,11,14,16-17,19,21-25,27,29-31H2,1-2H3,(H,40,43)/b12-10+,15-13-,20-18+,28-26+. The van der Waals surface area contributed by atoms with Crippen molar-refractivity contribution in [2.45, 2.75) is 179 Å². The number of aliphatic hydroxyl groups is 5. The van der Waals surface area contributed by atoms with Crippen molar-refractivity contribution < 1.29 is 39.8 Å². The second-order valence-electron chi connectivity index (χ2n) is 13.0. The molecular formula is C39H69NO8. The molecule has 1 rings (SSSR count). The van der Waals surface area contributed by atoms with Gasteiger partial charge in [0.2, 0.25) is 5.91 Å². The lowest BCUT2D eigenvalue weighted by Gasteiger charge is -2.40. The summed E-state index contributed by atoms with van der Waals surface area (Å²) in [6, 6.07) is -0.829. The lowest BCUT2D eigenvalue weighted by molar-refractivity contribution is -0.302. The van der Waals surface area contributed by atoms with Crippen LogP contribution in [0.1, 0.15) is 136 Å². The van der Waals surface area contributed by atoms with Crippen LogP contribution in [-0.2, 0) is 14.3 Å². The number of unbranched alkanes of at least 4 members (excludes halogenated alkanes) is 13. The zero-order valence-electron chi connectivity index (χ0n) is 30.0. The van der Waals surface area contributed by atoms with Crippen LogP contribution in [0.15, 0.2) is 48.6 Å². The summed E-state index contributed by atoms with van der Waals surface area (Å²) >= 11 is 0. The van der Waals surface area contributed by atoms with Gasteiger partial charge >= 0.3 is 0 Å². The third-order valence-corrected chi connectivity index (χ3v) is 8.60. The monoisotopic (exact) mass is 680 g/mol. The number of carbonyl (C=O) groups is 1. The second kappa shape index (κ2) is 30.0. The van der Waals surface area contributed by atoms with Gasteiger partial charge in [0.05, 0.1) is 25.4 Å². The molecule has 1 aliphatic rings. The summed E-state index contributed by atoms with van der Waals surface area (Å²) in [4.78, 5) is 12.8. The molecule has 0 aromatic carbocycles. The normalized spacial score (nSPS) is 23.2. The molecule has 0 aromatic rings. The predicted octanol–water partition coefficient (Wildman–Crippen LogP) is 6.33. The Balaban J connectivity index is 2.52. The number of allylic oxidation sites excluding steroid dienone is 7. The molecule has 7 unspecified atom stereocenters. The topological polar surface area (TPSA) is 149 Å². The molecule has 278 valence electrons. The van der Waals surface area contributed by atoms with E-state index >= 15 is 0 Å². The van der Waals surface area contributed by atoms with E-state index in [0.717, 1.165) is 70.6 Å². The van der Waals surface area contributed by atoms with Gasteiger partial charge in [-0.1, -0.05) is 114 Å². The van der Waals surface area contributed by atoms with Gasteiger partial charge in [-0.25, -0.2) is 0 Å². The first-order valence-corrected chi connectivity index (χ1v) is 18.9. The lowest BCUT2D eigenvalue weighted by Crippen LogP contribution is -2.60. The van der Waals surface area contributed by atoms with E-state index in [1.807, 2.05) is 6.08 Å². The molecule has 9 heteroatoms. The SMILES string of the molecule is CCCC/C=C/CC/C=C/CC/C=C/C(O)C(COC1OC(CO)C(O)C(O)C1O)NC(=O)CCCCCCC/C=C\CCCCCC. The van der Waals surface area contributed by atoms with Gasteiger partial charge in [-0.15, -0.1) is 0 Å². The molecule has 0 aromatic heterocycles. The molecule has 0 saturated carbocycles. The van der Waals surface area contributed by atoms with Crippen molar-refractivity contribution in [3.63, 3.8) is 0 Å². The molecular weight excluding hydrogens is 610 g/mol. The number of rotatable bonds is 29. The Labute approximate surface area is 291 Å². The van der Waals surface area contributed by atoms with Crippen LogP contribution in [0, 0.1) is 0 Å². The van der Waals surface area contributed by atoms with Crippen LogP contribution in [0.2, 0.25) is 0 Å². The fraction of sp³-hybridized carbons (Fsp3) is 0.769. The van der Waals surface area contributed by atoms with Gasteiger partial charge in [0, 0.05) is 6.42 Å². The average Bonchev–Trinajstić information content (AvgIpc) is 3.08.